The molecular weight excluding hydrogens is 404 g/mol. The van der Waals surface area contributed by atoms with Gasteiger partial charge in [0.25, 0.3) is 0 Å². The van der Waals surface area contributed by atoms with Gasteiger partial charge in [-0.1, -0.05) is 0 Å². The summed E-state index contributed by atoms with van der Waals surface area (Å²) in [6.45, 7) is 0.254. The van der Waals surface area contributed by atoms with E-state index in [0.717, 1.165) is 11.3 Å². The van der Waals surface area contributed by atoms with Gasteiger partial charge in [0.2, 0.25) is 5.88 Å². The van der Waals surface area contributed by atoms with Crippen LogP contribution in [0.25, 0.3) is 11.6 Å². The number of carbonyl (C=O) groups is 2. The molecule has 0 saturated carbocycles. The molecule has 8 nitrogen and oxygen atoms in total. The smallest absolute Gasteiger partial charge is 0.355 e. The molecule has 1 aliphatic rings. The van der Waals surface area contributed by atoms with E-state index < -0.39 is 11.9 Å². The van der Waals surface area contributed by atoms with Gasteiger partial charge in [0.15, 0.2) is 9.67 Å². The lowest BCUT2D eigenvalue weighted by Gasteiger charge is -2.05. The molecule has 146 valence electrons. The molecule has 0 radical (unpaired) electrons. The van der Waals surface area contributed by atoms with Crippen molar-refractivity contribution in [3.05, 3.63) is 32.6 Å². The van der Waals surface area contributed by atoms with Crippen molar-refractivity contribution >= 4 is 58.5 Å². The van der Waals surface area contributed by atoms with Gasteiger partial charge in [-0.05, 0) is 36.8 Å². The van der Waals surface area contributed by atoms with E-state index in [2.05, 4.69) is 4.99 Å². The average Bonchev–Trinajstić information content (AvgIpc) is 3.13. The van der Waals surface area contributed by atoms with E-state index in [0.29, 0.717) is 37.8 Å². The summed E-state index contributed by atoms with van der Waals surface area (Å²) < 4.78 is 6.96. The molecule has 0 saturated heterocycles. The standard InChI is InChI=1S/C18H16N2O6S2/c1-26-9-4-5-10-11(15(17(24)25)19-12(10)7-9)8-13-16(23)20(18(27)28-13)6-2-3-14(21)22/h4-5,7-8,23H,2-3,6H2,1H3,(H,21,22)(H,24,25). The monoisotopic (exact) mass is 420 g/mol. The molecule has 3 rings (SSSR count). The first-order valence-corrected chi connectivity index (χ1v) is 9.41. The lowest BCUT2D eigenvalue weighted by Crippen LogP contribution is -2.11. The second-order valence-electron chi connectivity index (χ2n) is 5.91. The lowest BCUT2D eigenvalue weighted by atomic mass is 10.0. The molecule has 3 N–H and O–H groups in total. The molecule has 1 aliphatic heterocycles. The summed E-state index contributed by atoms with van der Waals surface area (Å²) in [5, 5.41) is 28.8. The number of methoxy groups -OCH3 is 1. The number of hydrogen-bond donors (Lipinski definition) is 3. The van der Waals surface area contributed by atoms with Crippen molar-refractivity contribution in [1.82, 2.24) is 4.57 Å². The van der Waals surface area contributed by atoms with E-state index in [1.165, 1.54) is 17.8 Å². The van der Waals surface area contributed by atoms with Crippen LogP contribution in [0.5, 0.6) is 11.6 Å². The van der Waals surface area contributed by atoms with Crippen molar-refractivity contribution in [3.8, 4) is 11.6 Å². The number of thiazole rings is 1. The number of carboxylic acid groups (broad SMARTS) is 2. The highest BCUT2D eigenvalue weighted by Crippen LogP contribution is 2.40. The molecule has 0 unspecified atom stereocenters. The Hall–Kier alpha value is -2.98. The van der Waals surface area contributed by atoms with Gasteiger partial charge in [0.1, 0.15) is 5.75 Å². The highest BCUT2D eigenvalue weighted by molar-refractivity contribution is 7.73. The average molecular weight is 420 g/mol. The van der Waals surface area contributed by atoms with Gasteiger partial charge in [-0.2, -0.15) is 0 Å². The fourth-order valence-electron chi connectivity index (χ4n) is 2.80. The Balaban J connectivity index is 2.01. The minimum Gasteiger partial charge on any atom is -0.497 e. The van der Waals surface area contributed by atoms with Crippen molar-refractivity contribution in [2.24, 2.45) is 4.99 Å². The van der Waals surface area contributed by atoms with Crippen LogP contribution in [0.4, 0.5) is 5.69 Å². The largest absolute Gasteiger partial charge is 0.497 e. The second-order valence-corrected chi connectivity index (χ2v) is 7.59. The molecule has 0 spiro atoms. The van der Waals surface area contributed by atoms with E-state index in [-0.39, 0.29) is 24.6 Å². The van der Waals surface area contributed by atoms with Crippen LogP contribution in [0.1, 0.15) is 23.3 Å². The summed E-state index contributed by atoms with van der Waals surface area (Å²) in [4.78, 5) is 26.9. The number of rotatable bonds is 7. The van der Waals surface area contributed by atoms with Crippen LogP contribution in [0.2, 0.25) is 0 Å². The third-order valence-electron chi connectivity index (χ3n) is 4.13. The van der Waals surface area contributed by atoms with Crippen molar-refractivity contribution in [1.29, 1.82) is 0 Å². The van der Waals surface area contributed by atoms with E-state index >= 15 is 0 Å². The fraction of sp³-hybridized carbons (Fsp3) is 0.222. The summed E-state index contributed by atoms with van der Waals surface area (Å²) in [7, 11) is 1.51. The van der Waals surface area contributed by atoms with Crippen LogP contribution in [0, 0.1) is 3.95 Å². The normalized spacial score (nSPS) is 14.0. The third-order valence-corrected chi connectivity index (χ3v) is 5.51. The number of carboxylic acids is 2. The van der Waals surface area contributed by atoms with Crippen LogP contribution in [0.15, 0.2) is 23.2 Å². The van der Waals surface area contributed by atoms with Gasteiger partial charge >= 0.3 is 11.9 Å². The maximum Gasteiger partial charge on any atom is 0.355 e. The Kier molecular flexibility index (Phi) is 5.61. The molecule has 0 bridgehead atoms. The number of fused-ring (bicyclic) bond motifs is 1. The number of nitrogens with zero attached hydrogens (tertiary/aromatic N) is 2. The number of benzene rings is 1. The molecule has 1 aromatic carbocycles. The number of aliphatic carboxylic acids is 2. The van der Waals surface area contributed by atoms with Crippen molar-refractivity contribution in [2.45, 2.75) is 19.4 Å². The van der Waals surface area contributed by atoms with Crippen LogP contribution < -0.4 is 4.74 Å². The first-order valence-electron chi connectivity index (χ1n) is 8.18. The summed E-state index contributed by atoms with van der Waals surface area (Å²) in [6, 6.07) is 5.05. The SMILES string of the molecule is COc1ccc2c(c1)N=C(C(=O)O)C2=Cc1sc(=S)n(CCCC(=O)O)c1O. The van der Waals surface area contributed by atoms with E-state index in [1.807, 2.05) is 0 Å². The molecule has 2 heterocycles. The Morgan fingerprint density at radius 2 is 2.11 bits per heavy atom. The van der Waals surface area contributed by atoms with Gasteiger partial charge in [0, 0.05) is 30.2 Å². The summed E-state index contributed by atoms with van der Waals surface area (Å²) in [5.74, 6) is -1.69. The molecular formula is C18H16N2O6S2. The molecule has 2 aromatic rings. The topological polar surface area (TPSA) is 121 Å². The number of aliphatic imine (C=N–C) groups is 1. The van der Waals surface area contributed by atoms with Gasteiger partial charge in [-0.3, -0.25) is 9.36 Å². The highest BCUT2D eigenvalue weighted by atomic mass is 32.1. The predicted molar refractivity (Wildman–Crippen MR) is 107 cm³/mol. The first kappa shape index (κ1) is 19.8. The van der Waals surface area contributed by atoms with E-state index in [1.54, 1.807) is 18.2 Å². The number of hydrogen-bond acceptors (Lipinski definition) is 7. The quantitative estimate of drug-likeness (QED) is 0.586. The fourth-order valence-corrected chi connectivity index (χ4v) is 4.10. The third kappa shape index (κ3) is 3.82. The Morgan fingerprint density at radius 1 is 1.36 bits per heavy atom. The Bertz CT molecular complexity index is 1080. The number of ether oxygens (including phenoxy) is 1. The van der Waals surface area contributed by atoms with Crippen LogP contribution in [-0.4, -0.2) is 44.6 Å². The van der Waals surface area contributed by atoms with E-state index in [4.69, 9.17) is 22.1 Å². The Morgan fingerprint density at radius 3 is 2.75 bits per heavy atom. The maximum atomic E-state index is 11.6. The number of aromatic hydroxyl groups is 1. The van der Waals surface area contributed by atoms with Crippen LogP contribution >= 0.6 is 23.6 Å². The lowest BCUT2D eigenvalue weighted by molar-refractivity contribution is -0.137. The zero-order valence-electron chi connectivity index (χ0n) is 14.7. The summed E-state index contributed by atoms with van der Waals surface area (Å²) in [5.41, 5.74) is 1.29. The van der Waals surface area contributed by atoms with Gasteiger partial charge in [-0.25, -0.2) is 9.79 Å². The second kappa shape index (κ2) is 7.95. The highest BCUT2D eigenvalue weighted by Gasteiger charge is 2.27. The zero-order chi connectivity index (χ0) is 20.4. The molecule has 0 atom stereocenters. The molecule has 0 amide bonds. The summed E-state index contributed by atoms with van der Waals surface area (Å²) >= 11 is 6.37. The van der Waals surface area contributed by atoms with Gasteiger partial charge < -0.3 is 20.1 Å². The van der Waals surface area contributed by atoms with Gasteiger partial charge in [-0.15, -0.1) is 11.3 Å². The maximum absolute atomic E-state index is 11.6. The van der Waals surface area contributed by atoms with Crippen LogP contribution in [-0.2, 0) is 16.1 Å². The van der Waals surface area contributed by atoms with E-state index in [9.17, 15) is 19.8 Å². The zero-order valence-corrected chi connectivity index (χ0v) is 16.3. The molecule has 10 heteroatoms. The minimum atomic E-state index is -1.19. The van der Waals surface area contributed by atoms with Crippen molar-refractivity contribution < 1.29 is 29.6 Å². The minimum absolute atomic E-state index is 0.0431. The molecule has 0 aliphatic carbocycles. The first-order chi connectivity index (χ1) is 13.3. The molecule has 0 fully saturated rings. The van der Waals surface area contributed by atoms with Crippen molar-refractivity contribution in [2.75, 3.05) is 7.11 Å². The molecule has 1 aromatic heterocycles. The summed E-state index contributed by atoms with van der Waals surface area (Å²) in [6.07, 6.45) is 1.81. The number of aromatic nitrogens is 1. The predicted octanol–water partition coefficient (Wildman–Crippen LogP) is 3.57. The van der Waals surface area contributed by atoms with Gasteiger partial charge in [0.05, 0.1) is 17.7 Å². The van der Waals surface area contributed by atoms with Crippen molar-refractivity contribution in [3.63, 3.8) is 0 Å². The molecule has 28 heavy (non-hydrogen) atoms. The van der Waals surface area contributed by atoms with Crippen LogP contribution in [0.3, 0.4) is 0 Å². The Labute approximate surface area is 168 Å².